The summed E-state index contributed by atoms with van der Waals surface area (Å²) in [6, 6.07) is 0.184. The molecule has 2 fully saturated rings. The van der Waals surface area contributed by atoms with Gasteiger partial charge in [-0.2, -0.15) is 0 Å². The normalized spacial score (nSPS) is 31.8. The lowest BCUT2D eigenvalue weighted by atomic mass is 9.57. The molecular formula is C27H32N2O8. The number of phenolic OH excluding ortho intramolecular Hbond substituents is 1. The van der Waals surface area contributed by atoms with Crippen molar-refractivity contribution in [3.8, 4) is 11.5 Å². The lowest BCUT2D eigenvalue weighted by Crippen LogP contribution is -2.64. The highest BCUT2D eigenvalue weighted by molar-refractivity contribution is 6.24. The van der Waals surface area contributed by atoms with Gasteiger partial charge >= 0.3 is 0 Å². The molecule has 0 bridgehead atoms. The van der Waals surface area contributed by atoms with Crippen LogP contribution in [0.2, 0.25) is 0 Å². The number of aromatic hydroxyl groups is 1. The summed E-state index contributed by atoms with van der Waals surface area (Å²) in [7, 11) is 1.52. The van der Waals surface area contributed by atoms with E-state index in [0.717, 1.165) is 38.4 Å². The maximum absolute atomic E-state index is 13.7. The highest BCUT2D eigenvalue weighted by atomic mass is 16.5. The minimum Gasteiger partial charge on any atom is -0.508 e. The lowest BCUT2D eigenvalue weighted by Gasteiger charge is -2.48. The summed E-state index contributed by atoms with van der Waals surface area (Å²) >= 11 is 0. The van der Waals surface area contributed by atoms with Crippen LogP contribution in [-0.4, -0.2) is 74.5 Å². The second-order valence-corrected chi connectivity index (χ2v) is 10.4. The summed E-state index contributed by atoms with van der Waals surface area (Å²) < 4.78 is 5.81. The molecule has 3 aliphatic carbocycles. The number of methoxy groups -OCH3 is 1. The Balaban J connectivity index is 1.69. The largest absolute Gasteiger partial charge is 0.508 e. The molecule has 1 aromatic carbocycles. The number of benzene rings is 1. The first-order valence-corrected chi connectivity index (χ1v) is 12.6. The number of rotatable bonds is 4. The summed E-state index contributed by atoms with van der Waals surface area (Å²) in [5.74, 6) is -5.82. The number of aliphatic hydroxyl groups is 3. The van der Waals surface area contributed by atoms with Gasteiger partial charge in [0.1, 0.15) is 28.6 Å². The standard InChI is InChI=1S/C27H32N2O8/c1-4-29-7-5-6-16(29)13-10-17(31)20-14(24(13)37-3)8-12-9-15-21(28)23(33)18(11(2)30)25(34)27(15,36)26(35)19(12)22(20)32/h10,12,15-16,21,31-32,34,36H,4-9,28H2,1-3H3/t12-,15-,16?,21-,27+/m0/s1. The molecule has 37 heavy (non-hydrogen) atoms. The molecule has 10 nitrogen and oxygen atoms in total. The van der Waals surface area contributed by atoms with E-state index >= 15 is 0 Å². The van der Waals surface area contributed by atoms with Crippen molar-refractivity contribution in [3.63, 3.8) is 0 Å². The summed E-state index contributed by atoms with van der Waals surface area (Å²) in [5, 5.41) is 44.7. The van der Waals surface area contributed by atoms with Gasteiger partial charge in [-0.25, -0.2) is 0 Å². The quantitative estimate of drug-likeness (QED) is 0.374. The molecule has 198 valence electrons. The number of hydrogen-bond donors (Lipinski definition) is 5. The zero-order chi connectivity index (χ0) is 27.0. The van der Waals surface area contributed by atoms with Crippen LogP contribution in [0.25, 0.3) is 5.76 Å². The van der Waals surface area contributed by atoms with E-state index in [4.69, 9.17) is 10.5 Å². The number of fused-ring (bicyclic) bond motifs is 3. The van der Waals surface area contributed by atoms with Crippen molar-refractivity contribution in [2.24, 2.45) is 17.6 Å². The zero-order valence-corrected chi connectivity index (χ0v) is 21.1. The van der Waals surface area contributed by atoms with E-state index in [9.17, 15) is 34.8 Å². The SMILES string of the molecule is CCN1CCCC1c1cc(O)c2c(c1OC)C[C@H]1C[C@H]3[C@H](N)C(=O)C(C(C)=O)=C(O)[C@@]3(O)C(=O)C1=C2O. The fourth-order valence-corrected chi connectivity index (χ4v) is 6.94. The molecule has 0 aromatic heterocycles. The van der Waals surface area contributed by atoms with Crippen molar-refractivity contribution < 1.29 is 39.5 Å². The molecule has 1 aromatic rings. The van der Waals surface area contributed by atoms with Crippen LogP contribution in [0.4, 0.5) is 0 Å². The second-order valence-electron chi connectivity index (χ2n) is 10.4. The van der Waals surface area contributed by atoms with Crippen LogP contribution >= 0.6 is 0 Å². The zero-order valence-electron chi connectivity index (χ0n) is 21.1. The highest BCUT2D eigenvalue weighted by Crippen LogP contribution is 2.54. The van der Waals surface area contributed by atoms with Crippen molar-refractivity contribution in [2.75, 3.05) is 20.2 Å². The van der Waals surface area contributed by atoms with Crippen molar-refractivity contribution >= 4 is 23.1 Å². The smallest absolute Gasteiger partial charge is 0.202 e. The maximum Gasteiger partial charge on any atom is 0.202 e. The van der Waals surface area contributed by atoms with Crippen molar-refractivity contribution in [3.05, 3.63) is 39.7 Å². The summed E-state index contributed by atoms with van der Waals surface area (Å²) in [4.78, 5) is 40.9. The van der Waals surface area contributed by atoms with E-state index < -0.39 is 57.9 Å². The van der Waals surface area contributed by atoms with E-state index in [-0.39, 0.29) is 35.8 Å². The van der Waals surface area contributed by atoms with Crippen LogP contribution < -0.4 is 10.5 Å². The highest BCUT2D eigenvalue weighted by Gasteiger charge is 2.63. The van der Waals surface area contributed by atoms with Gasteiger partial charge < -0.3 is 30.9 Å². The minimum atomic E-state index is -2.64. The molecule has 5 rings (SSSR count). The number of ether oxygens (including phenoxy) is 1. The number of Topliss-reactive ketones (excluding diaryl/α,β-unsaturated/α-hetero) is 3. The van der Waals surface area contributed by atoms with Crippen molar-refractivity contribution in [1.29, 1.82) is 0 Å². The number of aliphatic hydroxyl groups excluding tert-OH is 2. The Hall–Kier alpha value is -3.21. The first-order valence-electron chi connectivity index (χ1n) is 12.6. The predicted octanol–water partition coefficient (Wildman–Crippen LogP) is 1.63. The summed E-state index contributed by atoms with van der Waals surface area (Å²) in [5.41, 5.74) is 3.97. The van der Waals surface area contributed by atoms with Crippen molar-refractivity contribution in [1.82, 2.24) is 4.90 Å². The van der Waals surface area contributed by atoms with Crippen LogP contribution in [0.5, 0.6) is 11.5 Å². The van der Waals surface area contributed by atoms with Crippen molar-refractivity contribution in [2.45, 2.75) is 57.2 Å². The average Bonchev–Trinajstić information content (AvgIpc) is 3.33. The van der Waals surface area contributed by atoms with Crippen LogP contribution in [0.15, 0.2) is 23.0 Å². The molecule has 1 heterocycles. The number of carbonyl (C=O) groups is 3. The third-order valence-corrected chi connectivity index (χ3v) is 8.67. The molecule has 0 spiro atoms. The first-order chi connectivity index (χ1) is 17.5. The average molecular weight is 513 g/mol. The molecule has 1 saturated heterocycles. The van der Waals surface area contributed by atoms with E-state index in [0.29, 0.717) is 11.3 Å². The fourth-order valence-electron chi connectivity index (χ4n) is 6.94. The first kappa shape index (κ1) is 25.4. The van der Waals surface area contributed by atoms with Gasteiger partial charge in [-0.1, -0.05) is 6.92 Å². The third kappa shape index (κ3) is 3.32. The number of nitrogens with zero attached hydrogens (tertiary/aromatic N) is 1. The van der Waals surface area contributed by atoms with Gasteiger partial charge in [0.05, 0.1) is 18.7 Å². The molecular weight excluding hydrogens is 480 g/mol. The Morgan fingerprint density at radius 2 is 1.97 bits per heavy atom. The van der Waals surface area contributed by atoms with Gasteiger partial charge in [0.2, 0.25) is 5.78 Å². The topological polar surface area (TPSA) is 171 Å². The van der Waals surface area contributed by atoms with Gasteiger partial charge in [-0.3, -0.25) is 19.3 Å². The molecule has 6 N–H and O–H groups in total. The van der Waals surface area contributed by atoms with Gasteiger partial charge in [-0.05, 0) is 57.7 Å². The Labute approximate surface area is 214 Å². The molecule has 0 amide bonds. The molecule has 1 aliphatic heterocycles. The van der Waals surface area contributed by atoms with Crippen LogP contribution in [0.3, 0.4) is 0 Å². The lowest BCUT2D eigenvalue weighted by molar-refractivity contribution is -0.149. The maximum atomic E-state index is 13.7. The molecule has 1 unspecified atom stereocenters. The Morgan fingerprint density at radius 3 is 2.59 bits per heavy atom. The van der Waals surface area contributed by atoms with E-state index in [1.54, 1.807) is 6.07 Å². The molecule has 1 saturated carbocycles. The molecule has 10 heteroatoms. The minimum absolute atomic E-state index is 0.0120. The number of ketones is 3. The van der Waals surface area contributed by atoms with Gasteiger partial charge in [0, 0.05) is 28.7 Å². The number of phenols is 1. The molecule has 5 atom stereocenters. The Morgan fingerprint density at radius 1 is 1.27 bits per heavy atom. The van der Waals surface area contributed by atoms with Crippen LogP contribution in [0, 0.1) is 11.8 Å². The predicted molar refractivity (Wildman–Crippen MR) is 132 cm³/mol. The van der Waals surface area contributed by atoms with E-state index in [1.165, 1.54) is 7.11 Å². The number of likely N-dealkylation sites (tertiary alicyclic amines) is 1. The molecule has 4 aliphatic rings. The fraction of sp³-hybridized carbons (Fsp3) is 0.519. The Bertz CT molecular complexity index is 1300. The second kappa shape index (κ2) is 8.68. The number of hydrogen-bond acceptors (Lipinski definition) is 10. The number of nitrogens with two attached hydrogens (primary N) is 1. The summed E-state index contributed by atoms with van der Waals surface area (Å²) in [6.07, 6.45) is 2.05. The Kier molecular flexibility index (Phi) is 5.97. The van der Waals surface area contributed by atoms with E-state index in [2.05, 4.69) is 11.8 Å². The summed E-state index contributed by atoms with van der Waals surface area (Å²) in [6.45, 7) is 4.84. The number of carbonyl (C=O) groups excluding carboxylic acids is 3. The van der Waals surface area contributed by atoms with Gasteiger partial charge in [0.25, 0.3) is 0 Å². The monoisotopic (exact) mass is 512 g/mol. The third-order valence-electron chi connectivity index (χ3n) is 8.67. The van der Waals surface area contributed by atoms with E-state index in [1.807, 2.05) is 0 Å². The van der Waals surface area contributed by atoms with Crippen LogP contribution in [0.1, 0.15) is 55.8 Å². The van der Waals surface area contributed by atoms with Crippen LogP contribution in [-0.2, 0) is 20.8 Å². The van der Waals surface area contributed by atoms with Gasteiger partial charge in [-0.15, -0.1) is 0 Å². The van der Waals surface area contributed by atoms with Gasteiger partial charge in [0.15, 0.2) is 17.2 Å². The molecule has 0 radical (unpaired) electrons.